The standard InChI is InChI=1S/C40H38N6O/c41-39(45-38(47)28-36(31-16-5-1-6-17-31)37-25-13-14-26-42-37)43-27-15-24-35-29-46(30-44-35)40(32-18-7-2-8-19-32,33-20-9-3-10-21-33)34-22-11-4-12-23-34/h1-14,16-23,25-26,29-30,36H,15,24,27-28H2,(H3,41,43,45,47). The molecule has 0 aliphatic heterocycles. The van der Waals surface area contributed by atoms with Crippen molar-refractivity contribution >= 4 is 11.9 Å². The van der Waals surface area contributed by atoms with Crippen LogP contribution in [0.2, 0.25) is 0 Å². The van der Waals surface area contributed by atoms with Gasteiger partial charge in [-0.05, 0) is 47.2 Å². The Morgan fingerprint density at radius 2 is 1.30 bits per heavy atom. The van der Waals surface area contributed by atoms with Gasteiger partial charge in [0.1, 0.15) is 5.54 Å². The number of rotatable bonds is 12. The van der Waals surface area contributed by atoms with Gasteiger partial charge in [-0.2, -0.15) is 0 Å². The Morgan fingerprint density at radius 1 is 0.745 bits per heavy atom. The van der Waals surface area contributed by atoms with E-state index in [1.165, 1.54) is 0 Å². The number of nitrogens with one attached hydrogen (secondary N) is 1. The SMILES string of the molecule is NC(=NCCCc1cn(C(c2ccccc2)(c2ccccc2)c2ccccc2)cn1)NC(=O)CC(c1ccccc1)c1ccccn1. The molecule has 234 valence electrons. The van der Waals surface area contributed by atoms with E-state index in [4.69, 9.17) is 10.7 Å². The van der Waals surface area contributed by atoms with Crippen LogP contribution in [-0.2, 0) is 16.8 Å². The van der Waals surface area contributed by atoms with Gasteiger partial charge in [0, 0.05) is 37.0 Å². The minimum atomic E-state index is -0.602. The Kier molecular flexibility index (Phi) is 9.93. The first kappa shape index (κ1) is 31.2. The van der Waals surface area contributed by atoms with Crippen LogP contribution < -0.4 is 11.1 Å². The summed E-state index contributed by atoms with van der Waals surface area (Å²) in [6.45, 7) is 0.461. The first-order valence-electron chi connectivity index (χ1n) is 15.9. The van der Waals surface area contributed by atoms with Gasteiger partial charge in [-0.15, -0.1) is 0 Å². The van der Waals surface area contributed by atoms with Gasteiger partial charge >= 0.3 is 0 Å². The number of benzene rings is 4. The number of amides is 1. The van der Waals surface area contributed by atoms with Crippen LogP contribution in [0.5, 0.6) is 0 Å². The number of nitrogens with two attached hydrogens (primary N) is 1. The Bertz CT molecular complexity index is 1740. The normalized spacial score (nSPS) is 12.4. The molecule has 4 aromatic carbocycles. The molecule has 0 aliphatic rings. The molecular weight excluding hydrogens is 580 g/mol. The highest BCUT2D eigenvalue weighted by Crippen LogP contribution is 2.40. The third-order valence-electron chi connectivity index (χ3n) is 8.37. The predicted octanol–water partition coefficient (Wildman–Crippen LogP) is 6.70. The van der Waals surface area contributed by atoms with Crippen molar-refractivity contribution in [1.82, 2.24) is 19.9 Å². The number of hydrogen-bond acceptors (Lipinski definition) is 4. The number of nitrogens with zero attached hydrogens (tertiary/aromatic N) is 4. The van der Waals surface area contributed by atoms with Crippen LogP contribution in [-0.4, -0.2) is 32.9 Å². The monoisotopic (exact) mass is 618 g/mol. The molecule has 2 aromatic heterocycles. The van der Waals surface area contributed by atoms with E-state index in [0.717, 1.165) is 40.1 Å². The average molecular weight is 619 g/mol. The van der Waals surface area contributed by atoms with Gasteiger partial charge in [-0.25, -0.2) is 4.98 Å². The molecule has 0 bridgehead atoms. The fraction of sp³-hybridized carbons (Fsp3) is 0.150. The number of aliphatic imine (C=N–C) groups is 1. The number of imidazole rings is 1. The predicted molar refractivity (Wildman–Crippen MR) is 187 cm³/mol. The van der Waals surface area contributed by atoms with E-state index in [1.807, 2.05) is 73.1 Å². The van der Waals surface area contributed by atoms with Crippen LogP contribution >= 0.6 is 0 Å². The quantitative estimate of drug-likeness (QED) is 0.0690. The molecule has 0 saturated heterocycles. The van der Waals surface area contributed by atoms with E-state index in [2.05, 4.69) is 98.9 Å². The summed E-state index contributed by atoms with van der Waals surface area (Å²) in [5.41, 5.74) is 11.8. The molecule has 6 aromatic rings. The number of aryl methyl sites for hydroxylation is 1. The molecule has 0 fully saturated rings. The van der Waals surface area contributed by atoms with Crippen molar-refractivity contribution in [1.29, 1.82) is 0 Å². The van der Waals surface area contributed by atoms with E-state index < -0.39 is 5.54 Å². The summed E-state index contributed by atoms with van der Waals surface area (Å²) in [6.07, 6.45) is 7.44. The van der Waals surface area contributed by atoms with Crippen molar-refractivity contribution in [2.24, 2.45) is 10.7 Å². The van der Waals surface area contributed by atoms with Crippen LogP contribution in [0.25, 0.3) is 0 Å². The Balaban J connectivity index is 1.14. The maximum absolute atomic E-state index is 13.0. The molecule has 0 aliphatic carbocycles. The van der Waals surface area contributed by atoms with Crippen molar-refractivity contribution < 1.29 is 4.79 Å². The van der Waals surface area contributed by atoms with Gasteiger partial charge in [-0.3, -0.25) is 20.1 Å². The molecule has 0 spiro atoms. The Morgan fingerprint density at radius 3 is 1.85 bits per heavy atom. The van der Waals surface area contributed by atoms with E-state index >= 15 is 0 Å². The number of carbonyl (C=O) groups excluding carboxylic acids is 1. The first-order chi connectivity index (χ1) is 23.1. The zero-order valence-corrected chi connectivity index (χ0v) is 26.2. The molecule has 7 nitrogen and oxygen atoms in total. The molecule has 3 N–H and O–H groups in total. The summed E-state index contributed by atoms with van der Waals surface area (Å²) in [5, 5.41) is 2.77. The summed E-state index contributed by atoms with van der Waals surface area (Å²) in [4.78, 5) is 26.8. The molecule has 0 saturated carbocycles. The van der Waals surface area contributed by atoms with Crippen LogP contribution in [0.15, 0.2) is 163 Å². The number of carbonyl (C=O) groups is 1. The smallest absolute Gasteiger partial charge is 0.227 e. The van der Waals surface area contributed by atoms with Crippen LogP contribution in [0.4, 0.5) is 0 Å². The van der Waals surface area contributed by atoms with Gasteiger partial charge in [0.05, 0.1) is 12.0 Å². The summed E-state index contributed by atoms with van der Waals surface area (Å²) in [6, 6.07) is 47.3. The van der Waals surface area contributed by atoms with Crippen molar-refractivity contribution in [3.63, 3.8) is 0 Å². The highest BCUT2D eigenvalue weighted by molar-refractivity contribution is 5.96. The van der Waals surface area contributed by atoms with Crippen molar-refractivity contribution in [3.05, 3.63) is 192 Å². The van der Waals surface area contributed by atoms with Crippen LogP contribution in [0.3, 0.4) is 0 Å². The van der Waals surface area contributed by atoms with E-state index in [9.17, 15) is 4.79 Å². The van der Waals surface area contributed by atoms with Crippen molar-refractivity contribution in [2.75, 3.05) is 6.54 Å². The highest BCUT2D eigenvalue weighted by atomic mass is 16.1. The third-order valence-corrected chi connectivity index (χ3v) is 8.37. The lowest BCUT2D eigenvalue weighted by Crippen LogP contribution is -2.37. The minimum absolute atomic E-state index is 0.115. The van der Waals surface area contributed by atoms with Crippen molar-refractivity contribution in [2.45, 2.75) is 30.7 Å². The summed E-state index contributed by atoms with van der Waals surface area (Å²) >= 11 is 0. The average Bonchev–Trinajstić information content (AvgIpc) is 3.60. The molecule has 1 atom stereocenters. The molecule has 6 rings (SSSR count). The molecular formula is C40H38N6O. The number of guanidine groups is 1. The Labute approximate surface area is 275 Å². The molecule has 0 radical (unpaired) electrons. The fourth-order valence-electron chi connectivity index (χ4n) is 6.20. The maximum Gasteiger partial charge on any atom is 0.227 e. The van der Waals surface area contributed by atoms with Gasteiger partial charge < -0.3 is 10.3 Å². The highest BCUT2D eigenvalue weighted by Gasteiger charge is 2.38. The van der Waals surface area contributed by atoms with Gasteiger partial charge in [-0.1, -0.05) is 127 Å². The van der Waals surface area contributed by atoms with Crippen LogP contribution in [0.1, 0.15) is 52.4 Å². The summed E-state index contributed by atoms with van der Waals surface area (Å²) in [5.74, 6) is -0.275. The van der Waals surface area contributed by atoms with Crippen molar-refractivity contribution in [3.8, 4) is 0 Å². The summed E-state index contributed by atoms with van der Waals surface area (Å²) < 4.78 is 2.21. The fourth-order valence-corrected chi connectivity index (χ4v) is 6.20. The third kappa shape index (κ3) is 7.20. The van der Waals surface area contributed by atoms with Crippen LogP contribution in [0, 0.1) is 0 Å². The molecule has 2 heterocycles. The second-order valence-electron chi connectivity index (χ2n) is 11.4. The van der Waals surface area contributed by atoms with E-state index in [-0.39, 0.29) is 24.2 Å². The Hall–Kier alpha value is -5.82. The van der Waals surface area contributed by atoms with E-state index in [0.29, 0.717) is 13.0 Å². The lowest BCUT2D eigenvalue weighted by atomic mass is 9.77. The second kappa shape index (κ2) is 15.0. The minimum Gasteiger partial charge on any atom is -0.370 e. The molecule has 1 amide bonds. The zero-order chi connectivity index (χ0) is 32.3. The number of pyridine rings is 1. The largest absolute Gasteiger partial charge is 0.370 e. The second-order valence-corrected chi connectivity index (χ2v) is 11.4. The lowest BCUT2D eigenvalue weighted by Gasteiger charge is -2.37. The number of hydrogen-bond donors (Lipinski definition) is 2. The van der Waals surface area contributed by atoms with E-state index in [1.54, 1.807) is 6.20 Å². The summed E-state index contributed by atoms with van der Waals surface area (Å²) in [7, 11) is 0. The molecule has 1 unspecified atom stereocenters. The lowest BCUT2D eigenvalue weighted by molar-refractivity contribution is -0.119. The first-order valence-corrected chi connectivity index (χ1v) is 15.9. The maximum atomic E-state index is 13.0. The zero-order valence-electron chi connectivity index (χ0n) is 26.2. The molecule has 47 heavy (non-hydrogen) atoms. The topological polar surface area (TPSA) is 98.2 Å². The molecule has 7 heteroatoms. The van der Waals surface area contributed by atoms with Gasteiger partial charge in [0.25, 0.3) is 0 Å². The van der Waals surface area contributed by atoms with Gasteiger partial charge in [0.15, 0.2) is 5.96 Å². The number of aromatic nitrogens is 3. The van der Waals surface area contributed by atoms with Gasteiger partial charge in [0.2, 0.25) is 5.91 Å².